The molecule has 0 radical (unpaired) electrons. The molecule has 0 atom stereocenters. The minimum absolute atomic E-state index is 0.583. The molecule has 0 saturated carbocycles. The van der Waals surface area contributed by atoms with Gasteiger partial charge in [-0.3, -0.25) is 0 Å². The maximum atomic E-state index is 6.30. The third-order valence-electron chi connectivity index (χ3n) is 3.27. The standard InChI is InChI=1S/C15H20ClN3/c1-3-11-10-12(4-2)19(18-11)15-7-5-6-14(16)13(15)8-9-17/h5-7,10H,3-4,8-9,17H2,1-2H3. The molecule has 0 aliphatic rings. The van der Waals surface area contributed by atoms with E-state index >= 15 is 0 Å². The van der Waals surface area contributed by atoms with E-state index in [-0.39, 0.29) is 0 Å². The van der Waals surface area contributed by atoms with Crippen molar-refractivity contribution in [2.45, 2.75) is 33.1 Å². The molecule has 0 aliphatic carbocycles. The molecule has 0 amide bonds. The van der Waals surface area contributed by atoms with E-state index in [0.29, 0.717) is 6.54 Å². The number of nitrogens with zero attached hydrogens (tertiary/aromatic N) is 2. The first-order chi connectivity index (χ1) is 9.21. The Balaban J connectivity index is 2.57. The zero-order chi connectivity index (χ0) is 13.8. The van der Waals surface area contributed by atoms with Gasteiger partial charge in [-0.2, -0.15) is 5.10 Å². The van der Waals surface area contributed by atoms with Gasteiger partial charge < -0.3 is 5.73 Å². The third-order valence-corrected chi connectivity index (χ3v) is 3.63. The predicted molar refractivity (Wildman–Crippen MR) is 80.1 cm³/mol. The van der Waals surface area contributed by atoms with Crippen LogP contribution in [0.4, 0.5) is 0 Å². The summed E-state index contributed by atoms with van der Waals surface area (Å²) in [5, 5.41) is 5.43. The van der Waals surface area contributed by atoms with Gasteiger partial charge in [-0.1, -0.05) is 31.5 Å². The zero-order valence-electron chi connectivity index (χ0n) is 11.5. The van der Waals surface area contributed by atoms with Gasteiger partial charge in [0, 0.05) is 10.7 Å². The molecule has 0 fully saturated rings. The summed E-state index contributed by atoms with van der Waals surface area (Å²) in [6.45, 7) is 4.84. The first-order valence-corrected chi connectivity index (χ1v) is 7.14. The summed E-state index contributed by atoms with van der Waals surface area (Å²) in [5.41, 5.74) is 10.1. The molecule has 2 aromatic rings. The van der Waals surface area contributed by atoms with Crippen molar-refractivity contribution in [3.63, 3.8) is 0 Å². The Hall–Kier alpha value is -1.32. The Morgan fingerprint density at radius 1 is 1.26 bits per heavy atom. The fourth-order valence-corrected chi connectivity index (χ4v) is 2.51. The Morgan fingerprint density at radius 2 is 2.05 bits per heavy atom. The average molecular weight is 278 g/mol. The molecule has 1 aromatic heterocycles. The van der Waals surface area contributed by atoms with Crippen molar-refractivity contribution in [3.05, 3.63) is 46.2 Å². The largest absolute Gasteiger partial charge is 0.330 e. The van der Waals surface area contributed by atoms with Gasteiger partial charge in [0.25, 0.3) is 0 Å². The Kier molecular flexibility index (Phi) is 4.61. The van der Waals surface area contributed by atoms with E-state index in [9.17, 15) is 0 Å². The van der Waals surface area contributed by atoms with Crippen LogP contribution in [-0.2, 0) is 19.3 Å². The fourth-order valence-electron chi connectivity index (χ4n) is 2.25. The fraction of sp³-hybridized carbons (Fsp3) is 0.400. The number of halogens is 1. The Labute approximate surface area is 119 Å². The monoisotopic (exact) mass is 277 g/mol. The van der Waals surface area contributed by atoms with Crippen molar-refractivity contribution < 1.29 is 0 Å². The SMILES string of the molecule is CCc1cc(CC)n(-c2cccc(Cl)c2CCN)n1. The first-order valence-electron chi connectivity index (χ1n) is 6.76. The van der Waals surface area contributed by atoms with Crippen LogP contribution >= 0.6 is 11.6 Å². The topological polar surface area (TPSA) is 43.8 Å². The molecule has 4 heteroatoms. The van der Waals surface area contributed by atoms with Crippen molar-refractivity contribution in [2.24, 2.45) is 5.73 Å². The number of aromatic nitrogens is 2. The summed E-state index contributed by atoms with van der Waals surface area (Å²) in [4.78, 5) is 0. The van der Waals surface area contributed by atoms with E-state index in [1.807, 2.05) is 16.8 Å². The predicted octanol–water partition coefficient (Wildman–Crippen LogP) is 3.15. The first kappa shape index (κ1) is 14.1. The lowest BCUT2D eigenvalue weighted by molar-refractivity contribution is 0.780. The minimum Gasteiger partial charge on any atom is -0.330 e. The Bertz CT molecular complexity index is 561. The third kappa shape index (κ3) is 2.82. The highest BCUT2D eigenvalue weighted by atomic mass is 35.5. The quantitative estimate of drug-likeness (QED) is 0.912. The maximum Gasteiger partial charge on any atom is 0.0696 e. The number of aryl methyl sites for hydroxylation is 2. The molecule has 1 aromatic carbocycles. The number of hydrogen-bond donors (Lipinski definition) is 1. The highest BCUT2D eigenvalue weighted by Gasteiger charge is 2.13. The minimum atomic E-state index is 0.583. The van der Waals surface area contributed by atoms with Crippen LogP contribution in [0, 0.1) is 0 Å². The number of benzene rings is 1. The van der Waals surface area contributed by atoms with Crippen LogP contribution in [0.15, 0.2) is 24.3 Å². The molecule has 0 saturated heterocycles. The van der Waals surface area contributed by atoms with Gasteiger partial charge in [0.15, 0.2) is 0 Å². The smallest absolute Gasteiger partial charge is 0.0696 e. The van der Waals surface area contributed by atoms with E-state index in [4.69, 9.17) is 17.3 Å². The maximum absolute atomic E-state index is 6.30. The van der Waals surface area contributed by atoms with Gasteiger partial charge in [0.05, 0.1) is 11.4 Å². The second kappa shape index (κ2) is 6.22. The summed E-state index contributed by atoms with van der Waals surface area (Å²) in [5.74, 6) is 0. The van der Waals surface area contributed by atoms with E-state index in [2.05, 4.69) is 31.1 Å². The van der Waals surface area contributed by atoms with Crippen LogP contribution in [-0.4, -0.2) is 16.3 Å². The summed E-state index contributed by atoms with van der Waals surface area (Å²) < 4.78 is 2.01. The van der Waals surface area contributed by atoms with Gasteiger partial charge in [0.1, 0.15) is 0 Å². The van der Waals surface area contributed by atoms with Crippen molar-refractivity contribution in [1.82, 2.24) is 9.78 Å². The molecule has 2 rings (SSSR count). The summed E-state index contributed by atoms with van der Waals surface area (Å²) >= 11 is 6.30. The van der Waals surface area contributed by atoms with Crippen molar-refractivity contribution in [1.29, 1.82) is 0 Å². The number of rotatable bonds is 5. The molecule has 19 heavy (non-hydrogen) atoms. The lowest BCUT2D eigenvalue weighted by Gasteiger charge is -2.13. The van der Waals surface area contributed by atoms with Crippen molar-refractivity contribution >= 4 is 11.6 Å². The van der Waals surface area contributed by atoms with E-state index in [1.54, 1.807) is 0 Å². The molecular weight excluding hydrogens is 258 g/mol. The summed E-state index contributed by atoms with van der Waals surface area (Å²) in [6.07, 6.45) is 2.65. The average Bonchev–Trinajstić information content (AvgIpc) is 2.84. The molecule has 0 unspecified atom stereocenters. The molecule has 3 nitrogen and oxygen atoms in total. The van der Waals surface area contributed by atoms with Crippen LogP contribution in [0.5, 0.6) is 0 Å². The highest BCUT2D eigenvalue weighted by molar-refractivity contribution is 6.31. The van der Waals surface area contributed by atoms with Gasteiger partial charge in [-0.25, -0.2) is 4.68 Å². The van der Waals surface area contributed by atoms with Gasteiger partial charge >= 0.3 is 0 Å². The van der Waals surface area contributed by atoms with Crippen LogP contribution in [0.25, 0.3) is 5.69 Å². The number of nitrogens with two attached hydrogens (primary N) is 1. The second-order valence-electron chi connectivity index (χ2n) is 4.52. The lowest BCUT2D eigenvalue weighted by Crippen LogP contribution is -2.10. The number of hydrogen-bond acceptors (Lipinski definition) is 2. The van der Waals surface area contributed by atoms with E-state index in [0.717, 1.165) is 41.2 Å². The molecule has 102 valence electrons. The molecular formula is C15H20ClN3. The van der Waals surface area contributed by atoms with Crippen molar-refractivity contribution in [2.75, 3.05) is 6.54 Å². The molecule has 0 spiro atoms. The van der Waals surface area contributed by atoms with Gasteiger partial charge in [0.2, 0.25) is 0 Å². The van der Waals surface area contributed by atoms with Crippen LogP contribution < -0.4 is 5.73 Å². The molecule has 0 aliphatic heterocycles. The van der Waals surface area contributed by atoms with Gasteiger partial charge in [-0.05, 0) is 49.6 Å². The molecule has 1 heterocycles. The normalized spacial score (nSPS) is 10.9. The molecule has 0 bridgehead atoms. The van der Waals surface area contributed by atoms with E-state index < -0.39 is 0 Å². The summed E-state index contributed by atoms with van der Waals surface area (Å²) in [6, 6.07) is 8.09. The Morgan fingerprint density at radius 3 is 2.68 bits per heavy atom. The highest BCUT2D eigenvalue weighted by Crippen LogP contribution is 2.25. The van der Waals surface area contributed by atoms with Gasteiger partial charge in [-0.15, -0.1) is 0 Å². The van der Waals surface area contributed by atoms with Crippen molar-refractivity contribution in [3.8, 4) is 5.69 Å². The lowest BCUT2D eigenvalue weighted by atomic mass is 10.1. The van der Waals surface area contributed by atoms with Crippen LogP contribution in [0.3, 0.4) is 0 Å². The second-order valence-corrected chi connectivity index (χ2v) is 4.93. The summed E-state index contributed by atoms with van der Waals surface area (Å²) in [7, 11) is 0. The van der Waals surface area contributed by atoms with Crippen LogP contribution in [0.2, 0.25) is 5.02 Å². The van der Waals surface area contributed by atoms with Crippen LogP contribution in [0.1, 0.15) is 30.8 Å². The molecule has 2 N–H and O–H groups in total. The van der Waals surface area contributed by atoms with E-state index in [1.165, 1.54) is 5.69 Å². The zero-order valence-corrected chi connectivity index (χ0v) is 12.2.